The van der Waals surface area contributed by atoms with Crippen molar-refractivity contribution in [2.45, 2.75) is 13.5 Å². The number of hydrogen-bond acceptors (Lipinski definition) is 5. The Hall–Kier alpha value is -1.59. The average Bonchev–Trinajstić information content (AvgIpc) is 2.93. The number of methoxy groups -OCH3 is 1. The molecule has 0 fully saturated rings. The van der Waals surface area contributed by atoms with E-state index in [1.165, 1.54) is 0 Å². The molecule has 2 aromatic rings. The molecule has 0 aromatic carbocycles. The van der Waals surface area contributed by atoms with E-state index in [1.54, 1.807) is 19.6 Å². The molecule has 0 aliphatic heterocycles. The summed E-state index contributed by atoms with van der Waals surface area (Å²) in [5.74, 6) is 1.41. The molecule has 0 spiro atoms. The topological polar surface area (TPSA) is 60.4 Å². The number of rotatable bonds is 6. The van der Waals surface area contributed by atoms with Gasteiger partial charge in [-0.15, -0.1) is 0 Å². The first-order chi connectivity index (χ1) is 8.31. The maximum Gasteiger partial charge on any atom is 0.229 e. The minimum absolute atomic E-state index is 0.597. The van der Waals surface area contributed by atoms with Crippen molar-refractivity contribution in [3.8, 4) is 11.5 Å². The number of furan rings is 1. The van der Waals surface area contributed by atoms with E-state index in [-0.39, 0.29) is 0 Å². The van der Waals surface area contributed by atoms with Gasteiger partial charge in [0, 0.05) is 20.2 Å². The lowest BCUT2D eigenvalue weighted by atomic mass is 10.2. The Morgan fingerprint density at radius 1 is 1.41 bits per heavy atom. The number of nitrogens with one attached hydrogen (secondary N) is 1. The molecule has 0 unspecified atom stereocenters. The van der Waals surface area contributed by atoms with Gasteiger partial charge in [0.1, 0.15) is 12.0 Å². The van der Waals surface area contributed by atoms with Crippen molar-refractivity contribution in [1.29, 1.82) is 0 Å². The first kappa shape index (κ1) is 11.9. The van der Waals surface area contributed by atoms with Crippen molar-refractivity contribution in [3.63, 3.8) is 0 Å². The van der Waals surface area contributed by atoms with E-state index >= 15 is 0 Å². The quantitative estimate of drug-likeness (QED) is 0.777. The summed E-state index contributed by atoms with van der Waals surface area (Å²) in [7, 11) is 1.68. The Bertz CT molecular complexity index is 462. The van der Waals surface area contributed by atoms with Gasteiger partial charge in [-0.25, -0.2) is 4.98 Å². The summed E-state index contributed by atoms with van der Waals surface area (Å²) in [6.45, 7) is 4.04. The number of nitrogens with zero attached hydrogens (tertiary/aromatic N) is 1. The van der Waals surface area contributed by atoms with Crippen LogP contribution in [-0.2, 0) is 11.3 Å². The lowest BCUT2D eigenvalue weighted by molar-refractivity contribution is 0.199. The molecule has 0 aliphatic rings. The van der Waals surface area contributed by atoms with Crippen LogP contribution in [0.15, 0.2) is 27.4 Å². The number of aromatic nitrogens is 1. The van der Waals surface area contributed by atoms with Gasteiger partial charge in [-0.2, -0.15) is 0 Å². The molecule has 5 nitrogen and oxygen atoms in total. The Morgan fingerprint density at radius 2 is 2.29 bits per heavy atom. The molecule has 0 amide bonds. The fourth-order valence-corrected chi connectivity index (χ4v) is 1.51. The van der Waals surface area contributed by atoms with E-state index in [9.17, 15) is 0 Å². The number of oxazole rings is 1. The highest BCUT2D eigenvalue weighted by Gasteiger charge is 2.10. The average molecular weight is 236 g/mol. The molecule has 2 aromatic heterocycles. The molecule has 17 heavy (non-hydrogen) atoms. The summed E-state index contributed by atoms with van der Waals surface area (Å²) in [4.78, 5) is 4.38. The van der Waals surface area contributed by atoms with Crippen molar-refractivity contribution < 1.29 is 13.6 Å². The summed E-state index contributed by atoms with van der Waals surface area (Å²) in [5, 5.41) is 3.20. The molecule has 0 aliphatic carbocycles. The Morgan fingerprint density at radius 3 is 3.00 bits per heavy atom. The molecule has 0 saturated heterocycles. The maximum atomic E-state index is 5.40. The Labute approximate surface area is 99.8 Å². The van der Waals surface area contributed by atoms with Gasteiger partial charge < -0.3 is 18.9 Å². The highest BCUT2D eigenvalue weighted by molar-refractivity contribution is 5.55. The molecular formula is C12H16N2O3. The zero-order valence-electron chi connectivity index (χ0n) is 10.0. The minimum Gasteiger partial charge on any atom is -0.469 e. The molecule has 0 bridgehead atoms. The summed E-state index contributed by atoms with van der Waals surface area (Å²) >= 11 is 0. The van der Waals surface area contributed by atoms with Gasteiger partial charge >= 0.3 is 0 Å². The molecule has 0 atom stereocenters. The van der Waals surface area contributed by atoms with Crippen molar-refractivity contribution in [2.24, 2.45) is 0 Å². The molecule has 0 saturated carbocycles. The largest absolute Gasteiger partial charge is 0.469 e. The number of ether oxygens (including phenoxy) is 1. The van der Waals surface area contributed by atoms with Crippen LogP contribution in [-0.4, -0.2) is 25.2 Å². The number of aryl methyl sites for hydroxylation is 1. The third kappa shape index (κ3) is 2.95. The standard InChI is InChI=1S/C12H16N2O3/c1-9-11(3-5-16-9)12-14-10(8-17-12)7-13-4-6-15-2/h3,5,8,13H,4,6-7H2,1-2H3. The van der Waals surface area contributed by atoms with Gasteiger partial charge in [0.15, 0.2) is 0 Å². The minimum atomic E-state index is 0.597. The van der Waals surface area contributed by atoms with Crippen LogP contribution in [0.1, 0.15) is 11.5 Å². The zero-order valence-corrected chi connectivity index (χ0v) is 10.0. The van der Waals surface area contributed by atoms with Crippen LogP contribution in [0.3, 0.4) is 0 Å². The molecule has 92 valence electrons. The SMILES string of the molecule is COCCNCc1coc(-c2ccoc2C)n1. The lowest BCUT2D eigenvalue weighted by Gasteiger charge is -1.99. The zero-order chi connectivity index (χ0) is 12.1. The van der Waals surface area contributed by atoms with E-state index in [2.05, 4.69) is 10.3 Å². The van der Waals surface area contributed by atoms with Gasteiger partial charge in [-0.05, 0) is 13.0 Å². The summed E-state index contributed by atoms with van der Waals surface area (Å²) in [5.41, 5.74) is 1.77. The van der Waals surface area contributed by atoms with Crippen LogP contribution in [0.25, 0.3) is 11.5 Å². The summed E-state index contributed by atoms with van der Waals surface area (Å²) < 4.78 is 15.6. The highest BCUT2D eigenvalue weighted by atomic mass is 16.5. The normalized spacial score (nSPS) is 10.9. The Kier molecular flexibility index (Phi) is 3.95. The van der Waals surface area contributed by atoms with Gasteiger partial charge in [-0.1, -0.05) is 0 Å². The van der Waals surface area contributed by atoms with Crippen molar-refractivity contribution in [2.75, 3.05) is 20.3 Å². The van der Waals surface area contributed by atoms with Crippen molar-refractivity contribution in [1.82, 2.24) is 10.3 Å². The molecule has 1 N–H and O–H groups in total. The van der Waals surface area contributed by atoms with Gasteiger partial charge in [0.2, 0.25) is 5.89 Å². The molecular weight excluding hydrogens is 220 g/mol. The summed E-state index contributed by atoms with van der Waals surface area (Å²) in [6.07, 6.45) is 3.28. The second kappa shape index (κ2) is 5.65. The fraction of sp³-hybridized carbons (Fsp3) is 0.417. The van der Waals surface area contributed by atoms with E-state index < -0.39 is 0 Å². The molecule has 2 heterocycles. The van der Waals surface area contributed by atoms with Gasteiger partial charge in [-0.3, -0.25) is 0 Å². The van der Waals surface area contributed by atoms with Crippen LogP contribution in [0.4, 0.5) is 0 Å². The lowest BCUT2D eigenvalue weighted by Crippen LogP contribution is -2.18. The van der Waals surface area contributed by atoms with Crippen LogP contribution in [0, 0.1) is 6.92 Å². The van der Waals surface area contributed by atoms with Crippen LogP contribution < -0.4 is 5.32 Å². The second-order valence-corrected chi connectivity index (χ2v) is 3.70. The predicted molar refractivity (Wildman–Crippen MR) is 62.5 cm³/mol. The fourth-order valence-electron chi connectivity index (χ4n) is 1.51. The van der Waals surface area contributed by atoms with E-state index in [1.807, 2.05) is 13.0 Å². The van der Waals surface area contributed by atoms with Crippen molar-refractivity contribution >= 4 is 0 Å². The third-order valence-corrected chi connectivity index (χ3v) is 2.43. The highest BCUT2D eigenvalue weighted by Crippen LogP contribution is 2.23. The third-order valence-electron chi connectivity index (χ3n) is 2.43. The van der Waals surface area contributed by atoms with Crippen LogP contribution in [0.2, 0.25) is 0 Å². The van der Waals surface area contributed by atoms with Gasteiger partial charge in [0.05, 0.1) is 24.1 Å². The smallest absolute Gasteiger partial charge is 0.229 e. The predicted octanol–water partition coefficient (Wildman–Crippen LogP) is 1.98. The van der Waals surface area contributed by atoms with Gasteiger partial charge in [0.25, 0.3) is 0 Å². The Balaban J connectivity index is 1.95. The first-order valence-electron chi connectivity index (χ1n) is 5.50. The molecule has 2 rings (SSSR count). The second-order valence-electron chi connectivity index (χ2n) is 3.70. The van der Waals surface area contributed by atoms with E-state index in [0.717, 1.165) is 23.6 Å². The first-order valence-corrected chi connectivity index (χ1v) is 5.50. The molecule has 0 radical (unpaired) electrons. The van der Waals surface area contributed by atoms with Crippen LogP contribution >= 0.6 is 0 Å². The number of hydrogen-bond donors (Lipinski definition) is 1. The van der Waals surface area contributed by atoms with E-state index in [0.29, 0.717) is 19.0 Å². The van der Waals surface area contributed by atoms with Crippen molar-refractivity contribution in [3.05, 3.63) is 30.0 Å². The van der Waals surface area contributed by atoms with Crippen LogP contribution in [0.5, 0.6) is 0 Å². The maximum absolute atomic E-state index is 5.40. The van der Waals surface area contributed by atoms with E-state index in [4.69, 9.17) is 13.6 Å². The molecule has 5 heteroatoms. The monoisotopic (exact) mass is 236 g/mol. The summed E-state index contributed by atoms with van der Waals surface area (Å²) in [6, 6.07) is 1.85.